The fourth-order valence-corrected chi connectivity index (χ4v) is 2.01. The third kappa shape index (κ3) is 1.80. The van der Waals surface area contributed by atoms with Crippen molar-refractivity contribution in [2.24, 2.45) is 0 Å². The Kier molecular flexibility index (Phi) is 2.86. The van der Waals surface area contributed by atoms with Crippen LogP contribution in [-0.4, -0.2) is 0 Å². The van der Waals surface area contributed by atoms with Gasteiger partial charge in [-0.05, 0) is 35.2 Å². The normalized spacial score (nSPS) is 11.3. The molecule has 0 aliphatic heterocycles. The lowest BCUT2D eigenvalue weighted by Gasteiger charge is -2.07. The van der Waals surface area contributed by atoms with Gasteiger partial charge in [0.2, 0.25) is 0 Å². The average molecular weight is 196 g/mol. The first-order chi connectivity index (χ1) is 7.36. The lowest BCUT2D eigenvalue weighted by molar-refractivity contribution is 1.14. The van der Waals surface area contributed by atoms with E-state index in [4.69, 9.17) is 0 Å². The minimum Gasteiger partial charge on any atom is -0.0870 e. The number of hydrogen-bond donors (Lipinski definition) is 0. The zero-order valence-electron chi connectivity index (χ0n) is 9.33. The molecule has 0 aromatic heterocycles. The number of allylic oxidation sites excluding steroid dienone is 1. The Morgan fingerprint density at radius 2 is 1.87 bits per heavy atom. The number of aryl methyl sites for hydroxylation is 1. The van der Waals surface area contributed by atoms with Crippen LogP contribution in [-0.2, 0) is 6.42 Å². The molecule has 0 fully saturated rings. The summed E-state index contributed by atoms with van der Waals surface area (Å²) in [6.45, 7) is 4.28. The van der Waals surface area contributed by atoms with Crippen molar-refractivity contribution in [1.29, 1.82) is 0 Å². The molecule has 0 saturated carbocycles. The molecule has 0 spiro atoms. The van der Waals surface area contributed by atoms with Gasteiger partial charge < -0.3 is 0 Å². The van der Waals surface area contributed by atoms with Crippen molar-refractivity contribution in [3.8, 4) is 0 Å². The van der Waals surface area contributed by atoms with E-state index in [-0.39, 0.29) is 0 Å². The number of benzene rings is 2. The van der Waals surface area contributed by atoms with Crippen molar-refractivity contribution < 1.29 is 0 Å². The summed E-state index contributed by atoms with van der Waals surface area (Å²) in [5.41, 5.74) is 2.80. The van der Waals surface area contributed by atoms with E-state index in [1.54, 1.807) is 0 Å². The summed E-state index contributed by atoms with van der Waals surface area (Å²) in [5.74, 6) is 0. The zero-order valence-corrected chi connectivity index (χ0v) is 9.33. The summed E-state index contributed by atoms with van der Waals surface area (Å²) in [5, 5.41) is 2.68. The molecule has 0 bridgehead atoms. The molecule has 0 amide bonds. The van der Waals surface area contributed by atoms with Gasteiger partial charge in [0.15, 0.2) is 0 Å². The van der Waals surface area contributed by atoms with Crippen LogP contribution in [0.1, 0.15) is 25.0 Å². The molecule has 2 rings (SSSR count). The SMILES string of the molecule is C/C=C\c1c(CC)ccc2ccccc12. The third-order valence-corrected chi connectivity index (χ3v) is 2.78. The highest BCUT2D eigenvalue weighted by molar-refractivity contribution is 5.91. The standard InChI is InChI=1S/C15H16/c1-3-7-14-12(4-2)10-11-13-8-5-6-9-15(13)14/h3,5-11H,4H2,1-2H3/b7-3-. The van der Waals surface area contributed by atoms with Crippen molar-refractivity contribution in [3.05, 3.63) is 53.6 Å². The molecule has 0 heterocycles. The van der Waals surface area contributed by atoms with Crippen molar-refractivity contribution in [3.63, 3.8) is 0 Å². The Labute approximate surface area is 91.2 Å². The van der Waals surface area contributed by atoms with Crippen LogP contribution in [0.4, 0.5) is 0 Å². The Balaban J connectivity index is 2.78. The molecule has 0 nitrogen and oxygen atoms in total. The molecule has 0 N–H and O–H groups in total. The first kappa shape index (κ1) is 9.97. The first-order valence-electron chi connectivity index (χ1n) is 5.50. The highest BCUT2D eigenvalue weighted by Gasteiger charge is 2.02. The van der Waals surface area contributed by atoms with Crippen LogP contribution in [0.2, 0.25) is 0 Å². The van der Waals surface area contributed by atoms with E-state index in [0.29, 0.717) is 0 Å². The second-order valence-electron chi connectivity index (χ2n) is 3.71. The summed E-state index contributed by atoms with van der Waals surface area (Å²) in [6, 6.07) is 13.0. The second kappa shape index (κ2) is 4.31. The van der Waals surface area contributed by atoms with E-state index in [1.165, 1.54) is 21.9 Å². The summed E-state index contributed by atoms with van der Waals surface area (Å²) in [6.07, 6.45) is 5.41. The maximum absolute atomic E-state index is 2.23. The predicted octanol–water partition coefficient (Wildman–Crippen LogP) is 4.44. The van der Waals surface area contributed by atoms with Crippen LogP contribution in [0, 0.1) is 0 Å². The maximum atomic E-state index is 2.23. The summed E-state index contributed by atoms with van der Waals surface area (Å²) in [4.78, 5) is 0. The molecule has 2 aromatic rings. The molecule has 0 aliphatic carbocycles. The zero-order chi connectivity index (χ0) is 10.7. The van der Waals surface area contributed by atoms with Gasteiger partial charge in [-0.2, -0.15) is 0 Å². The van der Waals surface area contributed by atoms with Crippen molar-refractivity contribution >= 4 is 16.8 Å². The van der Waals surface area contributed by atoms with Gasteiger partial charge in [-0.25, -0.2) is 0 Å². The highest BCUT2D eigenvalue weighted by atomic mass is 14.1. The third-order valence-electron chi connectivity index (χ3n) is 2.78. The fourth-order valence-electron chi connectivity index (χ4n) is 2.01. The molecule has 15 heavy (non-hydrogen) atoms. The monoisotopic (exact) mass is 196 g/mol. The molecule has 0 radical (unpaired) electrons. The van der Waals surface area contributed by atoms with E-state index in [9.17, 15) is 0 Å². The maximum Gasteiger partial charge on any atom is -0.0109 e. The quantitative estimate of drug-likeness (QED) is 0.666. The van der Waals surface area contributed by atoms with Gasteiger partial charge in [0.05, 0.1) is 0 Å². The van der Waals surface area contributed by atoms with Gasteiger partial charge in [0.25, 0.3) is 0 Å². The lowest BCUT2D eigenvalue weighted by Crippen LogP contribution is -1.88. The van der Waals surface area contributed by atoms with Crippen LogP contribution >= 0.6 is 0 Å². The largest absolute Gasteiger partial charge is 0.0870 e. The molecular formula is C15H16. The number of rotatable bonds is 2. The fraction of sp³-hybridized carbons (Fsp3) is 0.200. The molecule has 0 heteroatoms. The summed E-state index contributed by atoms with van der Waals surface area (Å²) in [7, 11) is 0. The van der Waals surface area contributed by atoms with Crippen molar-refractivity contribution in [2.75, 3.05) is 0 Å². The van der Waals surface area contributed by atoms with Gasteiger partial charge in [0, 0.05) is 0 Å². The van der Waals surface area contributed by atoms with Gasteiger partial charge in [0.1, 0.15) is 0 Å². The number of fused-ring (bicyclic) bond motifs is 1. The van der Waals surface area contributed by atoms with Crippen molar-refractivity contribution in [2.45, 2.75) is 20.3 Å². The minimum absolute atomic E-state index is 1.09. The van der Waals surface area contributed by atoms with Crippen LogP contribution in [0.5, 0.6) is 0 Å². The van der Waals surface area contributed by atoms with Crippen LogP contribution in [0.3, 0.4) is 0 Å². The molecule has 2 aromatic carbocycles. The lowest BCUT2D eigenvalue weighted by atomic mass is 9.97. The second-order valence-corrected chi connectivity index (χ2v) is 3.71. The van der Waals surface area contributed by atoms with Gasteiger partial charge >= 0.3 is 0 Å². The van der Waals surface area contributed by atoms with Gasteiger partial charge in [-0.1, -0.05) is 55.5 Å². The smallest absolute Gasteiger partial charge is 0.0109 e. The molecular weight excluding hydrogens is 180 g/mol. The van der Waals surface area contributed by atoms with Crippen LogP contribution in [0.25, 0.3) is 16.8 Å². The molecule has 76 valence electrons. The molecule has 0 aliphatic rings. The van der Waals surface area contributed by atoms with E-state index < -0.39 is 0 Å². The van der Waals surface area contributed by atoms with Gasteiger partial charge in [-0.15, -0.1) is 0 Å². The van der Waals surface area contributed by atoms with E-state index in [2.05, 4.69) is 62.4 Å². The van der Waals surface area contributed by atoms with E-state index in [0.717, 1.165) is 6.42 Å². The Morgan fingerprint density at radius 3 is 2.60 bits per heavy atom. The predicted molar refractivity (Wildman–Crippen MR) is 68.0 cm³/mol. The average Bonchev–Trinajstić information content (AvgIpc) is 2.30. The minimum atomic E-state index is 1.09. The summed E-state index contributed by atoms with van der Waals surface area (Å²) < 4.78 is 0. The highest BCUT2D eigenvalue weighted by Crippen LogP contribution is 2.24. The Hall–Kier alpha value is -1.56. The first-order valence-corrected chi connectivity index (χ1v) is 5.50. The topological polar surface area (TPSA) is 0 Å². The molecule has 0 atom stereocenters. The Morgan fingerprint density at radius 1 is 1.07 bits per heavy atom. The van der Waals surface area contributed by atoms with E-state index >= 15 is 0 Å². The molecule has 0 unspecified atom stereocenters. The van der Waals surface area contributed by atoms with Crippen LogP contribution < -0.4 is 0 Å². The van der Waals surface area contributed by atoms with Gasteiger partial charge in [-0.3, -0.25) is 0 Å². The molecule has 0 saturated heterocycles. The van der Waals surface area contributed by atoms with Crippen LogP contribution in [0.15, 0.2) is 42.5 Å². The Bertz CT molecular complexity index is 492. The van der Waals surface area contributed by atoms with E-state index in [1.807, 2.05) is 0 Å². The summed E-state index contributed by atoms with van der Waals surface area (Å²) >= 11 is 0. The number of hydrogen-bond acceptors (Lipinski definition) is 0. The van der Waals surface area contributed by atoms with Crippen molar-refractivity contribution in [1.82, 2.24) is 0 Å².